The minimum atomic E-state index is -0.483. The van der Waals surface area contributed by atoms with Gasteiger partial charge in [0.05, 0.1) is 11.2 Å². The lowest BCUT2D eigenvalue weighted by molar-refractivity contribution is 0.0171. The van der Waals surface area contributed by atoms with Crippen LogP contribution in [0.2, 0.25) is 0 Å². The van der Waals surface area contributed by atoms with E-state index >= 15 is 0 Å². The molecule has 6 nitrogen and oxygen atoms in total. The van der Waals surface area contributed by atoms with Crippen molar-refractivity contribution in [3.63, 3.8) is 0 Å². The van der Waals surface area contributed by atoms with Crippen LogP contribution >= 0.6 is 11.3 Å². The van der Waals surface area contributed by atoms with Crippen molar-refractivity contribution in [2.75, 3.05) is 13.1 Å². The first-order valence-electron chi connectivity index (χ1n) is 7.35. The fraction of sp³-hybridized carbons (Fsp3) is 0.667. The molecule has 2 amide bonds. The summed E-state index contributed by atoms with van der Waals surface area (Å²) in [6.07, 6.45) is 2.84. The molecule has 0 aliphatic carbocycles. The standard InChI is InChI=1S/C15H23N3O3S/c1-14(2,3)21-13(20)18-7-5-15(4,6-8-18)12-17-9-10(22-12)11(16)19/h9H,5-8H2,1-4H3,(H2,16,19). The Morgan fingerprint density at radius 3 is 2.41 bits per heavy atom. The lowest BCUT2D eigenvalue weighted by atomic mass is 9.81. The summed E-state index contributed by atoms with van der Waals surface area (Å²) >= 11 is 1.35. The first kappa shape index (κ1) is 16.7. The second-order valence-electron chi connectivity index (χ2n) is 6.92. The van der Waals surface area contributed by atoms with Gasteiger partial charge in [-0.2, -0.15) is 0 Å². The van der Waals surface area contributed by atoms with Gasteiger partial charge < -0.3 is 15.4 Å². The Balaban J connectivity index is 2.01. The summed E-state index contributed by atoms with van der Waals surface area (Å²) in [5, 5.41) is 0.908. The highest BCUT2D eigenvalue weighted by Gasteiger charge is 2.37. The number of nitrogens with two attached hydrogens (primary N) is 1. The Morgan fingerprint density at radius 1 is 1.36 bits per heavy atom. The normalized spacial score (nSPS) is 18.1. The quantitative estimate of drug-likeness (QED) is 0.905. The van der Waals surface area contributed by atoms with Crippen LogP contribution in [0.4, 0.5) is 4.79 Å². The Kier molecular flexibility index (Phi) is 4.47. The van der Waals surface area contributed by atoms with Crippen LogP contribution in [0.15, 0.2) is 6.20 Å². The zero-order valence-electron chi connectivity index (χ0n) is 13.5. The molecule has 0 aromatic carbocycles. The Morgan fingerprint density at radius 2 is 1.95 bits per heavy atom. The molecule has 1 aromatic rings. The molecule has 2 rings (SSSR count). The van der Waals surface area contributed by atoms with Crippen LogP contribution in [-0.4, -0.2) is 40.6 Å². The van der Waals surface area contributed by atoms with Gasteiger partial charge in [-0.25, -0.2) is 9.78 Å². The molecule has 1 aliphatic heterocycles. The number of hydrogen-bond acceptors (Lipinski definition) is 5. The monoisotopic (exact) mass is 325 g/mol. The molecule has 0 radical (unpaired) electrons. The van der Waals surface area contributed by atoms with Crippen molar-refractivity contribution in [1.82, 2.24) is 9.88 Å². The number of rotatable bonds is 2. The molecule has 1 aliphatic rings. The summed E-state index contributed by atoms with van der Waals surface area (Å²) in [6, 6.07) is 0. The van der Waals surface area contributed by atoms with Gasteiger partial charge in [-0.1, -0.05) is 6.92 Å². The predicted molar refractivity (Wildman–Crippen MR) is 85.0 cm³/mol. The maximum atomic E-state index is 12.1. The number of nitrogens with zero attached hydrogens (tertiary/aromatic N) is 2. The molecule has 0 bridgehead atoms. The van der Waals surface area contributed by atoms with Gasteiger partial charge in [0.25, 0.3) is 5.91 Å². The van der Waals surface area contributed by atoms with Crippen molar-refractivity contribution in [3.05, 3.63) is 16.1 Å². The molecule has 1 aromatic heterocycles. The molecule has 0 saturated carbocycles. The first-order chi connectivity index (χ1) is 10.1. The highest BCUT2D eigenvalue weighted by Crippen LogP contribution is 2.37. The number of amides is 2. The topological polar surface area (TPSA) is 85.5 Å². The number of carbonyl (C=O) groups is 2. The molecular formula is C15H23N3O3S. The SMILES string of the molecule is CC(C)(C)OC(=O)N1CCC(C)(c2ncc(C(N)=O)s2)CC1. The van der Waals surface area contributed by atoms with Gasteiger partial charge in [0.2, 0.25) is 0 Å². The number of aromatic nitrogens is 1. The van der Waals surface area contributed by atoms with E-state index in [0.29, 0.717) is 18.0 Å². The van der Waals surface area contributed by atoms with Crippen LogP contribution in [0.25, 0.3) is 0 Å². The van der Waals surface area contributed by atoms with Crippen LogP contribution < -0.4 is 5.73 Å². The summed E-state index contributed by atoms with van der Waals surface area (Å²) in [4.78, 5) is 29.8. The second kappa shape index (κ2) is 5.87. The number of thiazole rings is 1. The molecule has 2 heterocycles. The predicted octanol–water partition coefficient (Wildman–Crippen LogP) is 2.53. The zero-order valence-corrected chi connectivity index (χ0v) is 14.3. The third-order valence-electron chi connectivity index (χ3n) is 3.78. The van der Waals surface area contributed by atoms with Gasteiger partial charge in [-0.05, 0) is 33.6 Å². The van der Waals surface area contributed by atoms with Gasteiger partial charge in [0.1, 0.15) is 10.5 Å². The molecule has 0 spiro atoms. The van der Waals surface area contributed by atoms with Crippen molar-refractivity contribution in [2.45, 2.75) is 51.6 Å². The first-order valence-corrected chi connectivity index (χ1v) is 8.16. The van der Waals surface area contributed by atoms with E-state index in [4.69, 9.17) is 10.5 Å². The van der Waals surface area contributed by atoms with Gasteiger partial charge in [0, 0.05) is 18.5 Å². The average Bonchev–Trinajstić information content (AvgIpc) is 2.87. The largest absolute Gasteiger partial charge is 0.444 e. The number of ether oxygens (including phenoxy) is 1. The third kappa shape index (κ3) is 3.76. The third-order valence-corrected chi connectivity index (χ3v) is 5.10. The van der Waals surface area contributed by atoms with Crippen molar-refractivity contribution < 1.29 is 14.3 Å². The van der Waals surface area contributed by atoms with Crippen molar-refractivity contribution in [2.24, 2.45) is 5.73 Å². The second-order valence-corrected chi connectivity index (χ2v) is 7.95. The number of piperidine rings is 1. The van der Waals surface area contributed by atoms with Crippen molar-refractivity contribution >= 4 is 23.3 Å². The molecule has 22 heavy (non-hydrogen) atoms. The highest BCUT2D eigenvalue weighted by molar-refractivity contribution is 7.13. The maximum absolute atomic E-state index is 12.1. The van der Waals surface area contributed by atoms with Gasteiger partial charge >= 0.3 is 6.09 Å². The summed E-state index contributed by atoms with van der Waals surface area (Å²) in [5.41, 5.74) is 4.67. The summed E-state index contributed by atoms with van der Waals surface area (Å²) in [5.74, 6) is -0.446. The molecular weight excluding hydrogens is 302 g/mol. The fourth-order valence-corrected chi connectivity index (χ4v) is 3.36. The molecule has 1 fully saturated rings. The molecule has 0 atom stereocenters. The smallest absolute Gasteiger partial charge is 0.410 e. The number of hydrogen-bond donors (Lipinski definition) is 1. The Bertz CT molecular complexity index is 569. The molecule has 122 valence electrons. The van der Waals surface area contributed by atoms with Crippen LogP contribution in [-0.2, 0) is 10.2 Å². The number of likely N-dealkylation sites (tertiary alicyclic amines) is 1. The molecule has 1 saturated heterocycles. The summed E-state index contributed by atoms with van der Waals surface area (Å²) < 4.78 is 5.40. The average molecular weight is 325 g/mol. The Labute approximate surface area is 134 Å². The van der Waals surface area contributed by atoms with Gasteiger partial charge in [0.15, 0.2) is 0 Å². The highest BCUT2D eigenvalue weighted by atomic mass is 32.1. The lowest BCUT2D eigenvalue weighted by Gasteiger charge is -2.38. The van der Waals surface area contributed by atoms with Crippen molar-refractivity contribution in [1.29, 1.82) is 0 Å². The van der Waals surface area contributed by atoms with E-state index in [2.05, 4.69) is 11.9 Å². The van der Waals surface area contributed by atoms with E-state index in [0.717, 1.165) is 17.8 Å². The van der Waals surface area contributed by atoms with E-state index in [-0.39, 0.29) is 11.5 Å². The Hall–Kier alpha value is -1.63. The van der Waals surface area contributed by atoms with Crippen LogP contribution in [0.5, 0.6) is 0 Å². The lowest BCUT2D eigenvalue weighted by Crippen LogP contribution is -2.45. The van der Waals surface area contributed by atoms with Crippen LogP contribution in [0.3, 0.4) is 0 Å². The minimum Gasteiger partial charge on any atom is -0.444 e. The van der Waals surface area contributed by atoms with Crippen LogP contribution in [0.1, 0.15) is 55.2 Å². The van der Waals surface area contributed by atoms with Crippen molar-refractivity contribution in [3.8, 4) is 0 Å². The fourth-order valence-electron chi connectivity index (χ4n) is 2.39. The maximum Gasteiger partial charge on any atom is 0.410 e. The summed E-state index contributed by atoms with van der Waals surface area (Å²) in [6.45, 7) is 8.94. The zero-order chi connectivity index (χ0) is 16.5. The van der Waals surface area contributed by atoms with E-state index < -0.39 is 11.5 Å². The van der Waals surface area contributed by atoms with Crippen LogP contribution in [0, 0.1) is 0 Å². The van der Waals surface area contributed by atoms with E-state index in [9.17, 15) is 9.59 Å². The van der Waals surface area contributed by atoms with Gasteiger partial charge in [-0.3, -0.25) is 4.79 Å². The molecule has 2 N–H and O–H groups in total. The number of primary amides is 1. The molecule has 7 heteroatoms. The minimum absolute atomic E-state index is 0.128. The van der Waals surface area contributed by atoms with E-state index in [1.807, 2.05) is 20.8 Å². The number of carbonyl (C=O) groups excluding carboxylic acids is 2. The summed E-state index contributed by atoms with van der Waals surface area (Å²) in [7, 11) is 0. The molecule has 0 unspecified atom stereocenters. The van der Waals surface area contributed by atoms with E-state index in [1.54, 1.807) is 4.90 Å². The van der Waals surface area contributed by atoms with E-state index in [1.165, 1.54) is 17.5 Å². The van der Waals surface area contributed by atoms with Gasteiger partial charge in [-0.15, -0.1) is 11.3 Å².